The zero-order valence-electron chi connectivity index (χ0n) is 11.9. The maximum Gasteiger partial charge on any atom is 0.0129 e. The smallest absolute Gasteiger partial charge is 0.0129 e. The molecule has 0 amide bonds. The normalized spacial score (nSPS) is 15.8. The molecular weight excluding hydrogens is 230 g/mol. The van der Waals surface area contributed by atoms with Crippen molar-refractivity contribution in [3.05, 3.63) is 35.9 Å². The number of benzene rings is 1. The summed E-state index contributed by atoms with van der Waals surface area (Å²) in [6.45, 7) is 3.86. The number of nitrogens with zero attached hydrogens (tertiary/aromatic N) is 1. The summed E-state index contributed by atoms with van der Waals surface area (Å²) in [6, 6.07) is 10.6. The van der Waals surface area contributed by atoms with Crippen LogP contribution >= 0.6 is 0 Å². The van der Waals surface area contributed by atoms with Crippen molar-refractivity contribution in [1.29, 1.82) is 0 Å². The summed E-state index contributed by atoms with van der Waals surface area (Å²) in [7, 11) is 0. The van der Waals surface area contributed by atoms with Gasteiger partial charge in [-0.05, 0) is 50.9 Å². The van der Waals surface area contributed by atoms with E-state index in [2.05, 4.69) is 47.1 Å². The van der Waals surface area contributed by atoms with Crippen molar-refractivity contribution < 1.29 is 0 Å². The first-order valence-corrected chi connectivity index (χ1v) is 7.67. The summed E-state index contributed by atoms with van der Waals surface area (Å²) in [5.74, 6) is 6.62. The second-order valence-corrected chi connectivity index (χ2v) is 5.35. The molecule has 0 bridgehead atoms. The molecule has 1 fully saturated rings. The molecule has 0 aliphatic carbocycles. The molecule has 102 valence electrons. The van der Waals surface area contributed by atoms with Gasteiger partial charge in [0.05, 0.1) is 0 Å². The highest BCUT2D eigenvalue weighted by Gasteiger charge is 2.08. The van der Waals surface area contributed by atoms with Crippen LogP contribution in [0.1, 0.15) is 44.1 Å². The fraction of sp³-hybridized carbons (Fsp3) is 0.556. The van der Waals surface area contributed by atoms with E-state index in [4.69, 9.17) is 0 Å². The van der Waals surface area contributed by atoms with Crippen LogP contribution in [0.3, 0.4) is 0 Å². The van der Waals surface area contributed by atoms with Crippen molar-refractivity contribution >= 4 is 0 Å². The minimum Gasteiger partial charge on any atom is -0.303 e. The first-order valence-electron chi connectivity index (χ1n) is 7.67. The van der Waals surface area contributed by atoms with Crippen LogP contribution in [-0.4, -0.2) is 24.5 Å². The highest BCUT2D eigenvalue weighted by molar-refractivity contribution is 5.16. The molecule has 0 aromatic heterocycles. The van der Waals surface area contributed by atoms with E-state index in [1.165, 1.54) is 50.9 Å². The van der Waals surface area contributed by atoms with Gasteiger partial charge in [-0.25, -0.2) is 0 Å². The number of likely N-dealkylation sites (tertiary alicyclic amines) is 1. The van der Waals surface area contributed by atoms with Gasteiger partial charge in [-0.2, -0.15) is 0 Å². The number of hydrogen-bond donors (Lipinski definition) is 0. The molecule has 1 saturated heterocycles. The minimum absolute atomic E-state index is 0.994. The predicted octanol–water partition coefficient (Wildman–Crippen LogP) is 3.89. The van der Waals surface area contributed by atoms with Gasteiger partial charge >= 0.3 is 0 Å². The SMILES string of the molecule is C(#CCCc1ccccc1)CCCN1CCCCC1. The van der Waals surface area contributed by atoms with Crippen molar-refractivity contribution in [2.24, 2.45) is 0 Å². The third kappa shape index (κ3) is 5.94. The van der Waals surface area contributed by atoms with Gasteiger partial charge in [0, 0.05) is 12.8 Å². The average molecular weight is 255 g/mol. The number of piperidine rings is 1. The number of hydrogen-bond acceptors (Lipinski definition) is 1. The van der Waals surface area contributed by atoms with Gasteiger partial charge in [0.25, 0.3) is 0 Å². The van der Waals surface area contributed by atoms with Gasteiger partial charge in [0.1, 0.15) is 0 Å². The van der Waals surface area contributed by atoms with Crippen LogP contribution in [0.5, 0.6) is 0 Å². The molecule has 0 N–H and O–H groups in total. The summed E-state index contributed by atoms with van der Waals surface area (Å²) >= 11 is 0. The Hall–Kier alpha value is -1.26. The van der Waals surface area contributed by atoms with Gasteiger partial charge < -0.3 is 4.90 Å². The zero-order chi connectivity index (χ0) is 13.2. The molecule has 0 unspecified atom stereocenters. The summed E-state index contributed by atoms with van der Waals surface area (Å²) in [5.41, 5.74) is 1.39. The molecule has 1 aromatic carbocycles. The third-order valence-corrected chi connectivity index (χ3v) is 3.73. The Balaban J connectivity index is 1.52. The molecule has 19 heavy (non-hydrogen) atoms. The maximum atomic E-state index is 3.32. The third-order valence-electron chi connectivity index (χ3n) is 3.73. The number of aryl methyl sites for hydroxylation is 1. The van der Waals surface area contributed by atoms with Crippen LogP contribution in [0, 0.1) is 11.8 Å². The number of unbranched alkanes of at least 4 members (excludes halogenated alkanes) is 1. The van der Waals surface area contributed by atoms with E-state index >= 15 is 0 Å². The molecule has 1 nitrogen and oxygen atoms in total. The van der Waals surface area contributed by atoms with E-state index in [9.17, 15) is 0 Å². The van der Waals surface area contributed by atoms with Gasteiger partial charge in [-0.1, -0.05) is 36.8 Å². The Morgan fingerprint density at radius 2 is 1.63 bits per heavy atom. The second-order valence-electron chi connectivity index (χ2n) is 5.35. The molecule has 0 radical (unpaired) electrons. The van der Waals surface area contributed by atoms with E-state index in [1.54, 1.807) is 0 Å². The van der Waals surface area contributed by atoms with E-state index < -0.39 is 0 Å². The van der Waals surface area contributed by atoms with Crippen LogP contribution in [0.25, 0.3) is 0 Å². The summed E-state index contributed by atoms with van der Waals surface area (Å²) in [4.78, 5) is 2.59. The van der Waals surface area contributed by atoms with Crippen molar-refractivity contribution in [3.63, 3.8) is 0 Å². The lowest BCUT2D eigenvalue weighted by atomic mass is 10.1. The minimum atomic E-state index is 0.994. The van der Waals surface area contributed by atoms with Crippen LogP contribution < -0.4 is 0 Å². The van der Waals surface area contributed by atoms with Gasteiger partial charge in [-0.15, -0.1) is 11.8 Å². The highest BCUT2D eigenvalue weighted by Crippen LogP contribution is 2.09. The van der Waals surface area contributed by atoms with Crippen LogP contribution in [0.2, 0.25) is 0 Å². The molecule has 2 rings (SSSR count). The summed E-state index contributed by atoms with van der Waals surface area (Å²) in [5, 5.41) is 0. The molecule has 0 atom stereocenters. The second kappa shape index (κ2) is 8.77. The topological polar surface area (TPSA) is 3.24 Å². The standard InChI is InChI=1S/C18H25N/c1(2-6-12-18-13-7-4-8-14-18)3-9-15-19-16-10-5-11-17-19/h4,7-8,13-14H,3,5-6,9-12,15-17H2. The van der Waals surface area contributed by atoms with Gasteiger partial charge in [0.15, 0.2) is 0 Å². The Bertz CT molecular complexity index is 393. The van der Waals surface area contributed by atoms with Gasteiger partial charge in [0.2, 0.25) is 0 Å². The Kier molecular flexibility index (Phi) is 6.54. The fourth-order valence-electron chi connectivity index (χ4n) is 2.60. The molecule has 1 aliphatic heterocycles. The van der Waals surface area contributed by atoms with Crippen molar-refractivity contribution in [2.45, 2.75) is 44.9 Å². The van der Waals surface area contributed by atoms with Crippen molar-refractivity contribution in [2.75, 3.05) is 19.6 Å². The van der Waals surface area contributed by atoms with E-state index in [0.29, 0.717) is 0 Å². The van der Waals surface area contributed by atoms with E-state index in [1.807, 2.05) is 0 Å². The molecule has 1 aromatic rings. The van der Waals surface area contributed by atoms with E-state index in [0.717, 1.165) is 19.3 Å². The average Bonchev–Trinajstić information content (AvgIpc) is 2.48. The zero-order valence-corrected chi connectivity index (χ0v) is 11.9. The fourth-order valence-corrected chi connectivity index (χ4v) is 2.60. The lowest BCUT2D eigenvalue weighted by Gasteiger charge is -2.25. The lowest BCUT2D eigenvalue weighted by molar-refractivity contribution is 0.227. The summed E-state index contributed by atoms with van der Waals surface area (Å²) in [6.07, 6.45) is 8.58. The Morgan fingerprint density at radius 3 is 2.42 bits per heavy atom. The van der Waals surface area contributed by atoms with Crippen LogP contribution in [0.15, 0.2) is 30.3 Å². The first kappa shape index (κ1) is 14.2. The van der Waals surface area contributed by atoms with Crippen molar-refractivity contribution in [1.82, 2.24) is 4.90 Å². The van der Waals surface area contributed by atoms with Crippen LogP contribution in [0.4, 0.5) is 0 Å². The largest absolute Gasteiger partial charge is 0.303 e. The monoisotopic (exact) mass is 255 g/mol. The first-order chi connectivity index (χ1) is 9.45. The molecule has 0 spiro atoms. The van der Waals surface area contributed by atoms with Gasteiger partial charge in [-0.3, -0.25) is 0 Å². The van der Waals surface area contributed by atoms with E-state index in [-0.39, 0.29) is 0 Å². The highest BCUT2D eigenvalue weighted by atomic mass is 15.1. The number of rotatable bonds is 5. The predicted molar refractivity (Wildman–Crippen MR) is 82.1 cm³/mol. The quantitative estimate of drug-likeness (QED) is 0.570. The Morgan fingerprint density at radius 1 is 0.895 bits per heavy atom. The molecule has 1 heterocycles. The lowest BCUT2D eigenvalue weighted by Crippen LogP contribution is -2.30. The van der Waals surface area contributed by atoms with Crippen LogP contribution in [-0.2, 0) is 6.42 Å². The molecule has 1 aliphatic rings. The Labute approximate surface area is 118 Å². The molecule has 1 heteroatoms. The summed E-state index contributed by atoms with van der Waals surface area (Å²) < 4.78 is 0. The molecular formula is C18H25N. The molecule has 0 saturated carbocycles. The maximum absolute atomic E-state index is 3.32. The van der Waals surface area contributed by atoms with Crippen molar-refractivity contribution in [3.8, 4) is 11.8 Å².